The fourth-order valence-electron chi connectivity index (χ4n) is 6.76. The van der Waals surface area contributed by atoms with Gasteiger partial charge in [0.1, 0.15) is 17.3 Å². The van der Waals surface area contributed by atoms with Gasteiger partial charge in [-0.15, -0.1) is 0 Å². The molecule has 4 aromatic carbocycles. The first-order chi connectivity index (χ1) is 23.7. The zero-order valence-electron chi connectivity index (χ0n) is 28.9. The third-order valence-corrected chi connectivity index (χ3v) is 9.57. The van der Waals surface area contributed by atoms with Crippen LogP contribution in [0.15, 0.2) is 148 Å². The van der Waals surface area contributed by atoms with Crippen LogP contribution in [-0.2, 0) is 0 Å². The number of nitrogens with zero attached hydrogens (tertiary/aromatic N) is 4. The molecule has 1 aliphatic carbocycles. The van der Waals surface area contributed by atoms with Crippen molar-refractivity contribution in [1.29, 1.82) is 0 Å². The van der Waals surface area contributed by atoms with E-state index in [0.717, 1.165) is 58.1 Å². The van der Waals surface area contributed by atoms with E-state index in [2.05, 4.69) is 112 Å². The van der Waals surface area contributed by atoms with E-state index in [1.807, 2.05) is 49.5 Å². The summed E-state index contributed by atoms with van der Waals surface area (Å²) in [4.78, 5) is 17.3. The van der Waals surface area contributed by atoms with Crippen LogP contribution >= 0.6 is 0 Å². The van der Waals surface area contributed by atoms with Crippen LogP contribution in [0.4, 0.5) is 5.69 Å². The summed E-state index contributed by atoms with van der Waals surface area (Å²) < 4.78 is 13.1. The van der Waals surface area contributed by atoms with Crippen molar-refractivity contribution in [3.8, 4) is 11.5 Å². The summed E-state index contributed by atoms with van der Waals surface area (Å²) in [7, 11) is 2.03. The Balaban J connectivity index is 1.17. The minimum Gasteiger partial charge on any atom is -0.466 e. The molecule has 246 valence electrons. The SMILES string of the molecule is C=C(C)C(CC)c1ccc(OC2c3ccccc3N=C(c3ccc(C4=NC5(C)CC=CC=C5C(Oc5ccc(C)cc5)=N4)cc3)N2C)cc1. The van der Waals surface area contributed by atoms with Crippen molar-refractivity contribution >= 4 is 23.3 Å². The van der Waals surface area contributed by atoms with E-state index in [9.17, 15) is 0 Å². The third kappa shape index (κ3) is 6.39. The van der Waals surface area contributed by atoms with Crippen molar-refractivity contribution in [2.24, 2.45) is 15.0 Å². The van der Waals surface area contributed by atoms with Gasteiger partial charge in [-0.3, -0.25) is 4.99 Å². The molecule has 0 saturated carbocycles. The van der Waals surface area contributed by atoms with Crippen molar-refractivity contribution in [3.05, 3.63) is 161 Å². The number of amidine groups is 2. The van der Waals surface area contributed by atoms with Crippen molar-refractivity contribution in [2.45, 2.75) is 58.2 Å². The maximum atomic E-state index is 6.68. The average molecular weight is 647 g/mol. The Kier molecular flexibility index (Phi) is 8.64. The number of aryl methyl sites for hydroxylation is 1. The number of benzene rings is 4. The highest BCUT2D eigenvalue weighted by Crippen LogP contribution is 2.39. The second-order valence-corrected chi connectivity index (χ2v) is 13.3. The van der Waals surface area contributed by atoms with Crippen LogP contribution in [0.1, 0.15) is 73.6 Å². The van der Waals surface area contributed by atoms with Gasteiger partial charge < -0.3 is 14.4 Å². The molecule has 0 radical (unpaired) electrons. The van der Waals surface area contributed by atoms with E-state index in [0.29, 0.717) is 17.7 Å². The average Bonchev–Trinajstić information content (AvgIpc) is 3.11. The summed E-state index contributed by atoms with van der Waals surface area (Å²) in [5.41, 5.74) is 7.92. The molecule has 3 unspecified atom stereocenters. The van der Waals surface area contributed by atoms with E-state index >= 15 is 0 Å². The molecule has 0 aromatic heterocycles. The van der Waals surface area contributed by atoms with Crippen LogP contribution in [0.3, 0.4) is 0 Å². The molecular formula is C43H42N4O2. The molecule has 0 spiro atoms. The van der Waals surface area contributed by atoms with Gasteiger partial charge in [-0.05, 0) is 69.5 Å². The summed E-state index contributed by atoms with van der Waals surface area (Å²) in [5, 5.41) is 0. The number of fused-ring (bicyclic) bond motifs is 2. The van der Waals surface area contributed by atoms with Gasteiger partial charge in [0.15, 0.2) is 5.84 Å². The minimum atomic E-state index is -0.466. The summed E-state index contributed by atoms with van der Waals surface area (Å²) in [6, 6.07) is 32.9. The number of para-hydroxylation sites is 1. The monoisotopic (exact) mass is 646 g/mol. The first kappa shape index (κ1) is 32.1. The standard InChI is InChI=1S/C43H42N4O2/c1-7-35(28(2)3)30-21-25-34(26-22-30)49-42-36-12-8-9-14-38(36)44-40(47(42)6)32-19-17-31(18-20-32)39-45-41(48-33-23-15-29(4)16-24-33)37-13-10-11-27-43(37,5)46-39/h8-26,35,42H,2,7,27H2,1,3-6H3. The van der Waals surface area contributed by atoms with Crippen molar-refractivity contribution < 1.29 is 9.47 Å². The molecule has 3 atom stereocenters. The van der Waals surface area contributed by atoms with Crippen molar-refractivity contribution in [3.63, 3.8) is 0 Å². The Morgan fingerprint density at radius 3 is 2.33 bits per heavy atom. The molecule has 4 aromatic rings. The Bertz CT molecular complexity index is 2030. The van der Waals surface area contributed by atoms with Crippen LogP contribution in [0.25, 0.3) is 0 Å². The van der Waals surface area contributed by atoms with Gasteiger partial charge in [-0.25, -0.2) is 4.99 Å². The summed E-state index contributed by atoms with van der Waals surface area (Å²) in [5.74, 6) is 3.95. The maximum absolute atomic E-state index is 6.68. The fraction of sp³-hybridized carbons (Fsp3) is 0.233. The Morgan fingerprint density at radius 1 is 0.918 bits per heavy atom. The Hall–Kier alpha value is -5.49. The molecule has 0 amide bonds. The Morgan fingerprint density at radius 2 is 1.61 bits per heavy atom. The number of hydrogen-bond donors (Lipinski definition) is 0. The molecule has 2 heterocycles. The number of hydrogen-bond acceptors (Lipinski definition) is 6. The second-order valence-electron chi connectivity index (χ2n) is 13.3. The molecule has 6 heteroatoms. The number of allylic oxidation sites excluding steroid dienone is 3. The van der Waals surface area contributed by atoms with Gasteiger partial charge in [0.2, 0.25) is 12.1 Å². The highest BCUT2D eigenvalue weighted by Gasteiger charge is 2.37. The normalized spacial score (nSPS) is 20.2. The number of aliphatic imine (C=N–C) groups is 3. The van der Waals surface area contributed by atoms with Gasteiger partial charge in [-0.1, -0.05) is 110 Å². The van der Waals surface area contributed by atoms with Crippen molar-refractivity contribution in [1.82, 2.24) is 4.90 Å². The van der Waals surface area contributed by atoms with Gasteiger partial charge in [-0.2, -0.15) is 4.99 Å². The molecule has 6 nitrogen and oxygen atoms in total. The van der Waals surface area contributed by atoms with E-state index in [4.69, 9.17) is 24.5 Å². The molecule has 0 saturated heterocycles. The molecule has 49 heavy (non-hydrogen) atoms. The summed E-state index contributed by atoms with van der Waals surface area (Å²) >= 11 is 0. The zero-order chi connectivity index (χ0) is 34.1. The first-order valence-corrected chi connectivity index (χ1v) is 17.0. The molecule has 0 N–H and O–H groups in total. The fourth-order valence-corrected chi connectivity index (χ4v) is 6.76. The largest absolute Gasteiger partial charge is 0.466 e. The van der Waals surface area contributed by atoms with Gasteiger partial charge in [0.05, 0.1) is 11.2 Å². The lowest BCUT2D eigenvalue weighted by molar-refractivity contribution is 0.0934. The quantitative estimate of drug-likeness (QED) is 0.179. The van der Waals surface area contributed by atoms with Gasteiger partial charge in [0, 0.05) is 35.2 Å². The van der Waals surface area contributed by atoms with Crippen molar-refractivity contribution in [2.75, 3.05) is 7.05 Å². The second kappa shape index (κ2) is 13.2. The molecule has 2 aliphatic heterocycles. The van der Waals surface area contributed by atoms with Gasteiger partial charge in [0.25, 0.3) is 0 Å². The van der Waals surface area contributed by atoms with Crippen LogP contribution < -0.4 is 9.47 Å². The van der Waals surface area contributed by atoms with Crippen LogP contribution in [0.5, 0.6) is 11.5 Å². The third-order valence-electron chi connectivity index (χ3n) is 9.57. The molecule has 0 bridgehead atoms. The lowest BCUT2D eigenvalue weighted by atomic mass is 9.84. The lowest BCUT2D eigenvalue weighted by Crippen LogP contribution is -2.38. The highest BCUT2D eigenvalue weighted by molar-refractivity contribution is 6.14. The molecule has 7 rings (SSSR count). The predicted molar refractivity (Wildman–Crippen MR) is 201 cm³/mol. The summed E-state index contributed by atoms with van der Waals surface area (Å²) in [6.07, 6.45) is 7.70. The van der Waals surface area contributed by atoms with Crippen LogP contribution in [-0.4, -0.2) is 35.1 Å². The first-order valence-electron chi connectivity index (χ1n) is 17.0. The smallest absolute Gasteiger partial charge is 0.226 e. The summed E-state index contributed by atoms with van der Waals surface area (Å²) in [6.45, 7) is 12.7. The Labute approximate surface area is 289 Å². The predicted octanol–water partition coefficient (Wildman–Crippen LogP) is 10.0. The molecule has 3 aliphatic rings. The van der Waals surface area contributed by atoms with E-state index in [1.165, 1.54) is 16.7 Å². The number of rotatable bonds is 8. The molecular weight excluding hydrogens is 604 g/mol. The number of ether oxygens (including phenoxy) is 2. The van der Waals surface area contributed by atoms with E-state index in [-0.39, 0.29) is 6.23 Å². The molecule has 0 fully saturated rings. The van der Waals surface area contributed by atoms with Gasteiger partial charge >= 0.3 is 0 Å². The van der Waals surface area contributed by atoms with E-state index in [1.54, 1.807) is 0 Å². The lowest BCUT2D eigenvalue weighted by Gasteiger charge is -2.35. The minimum absolute atomic E-state index is 0.340. The van der Waals surface area contributed by atoms with E-state index < -0.39 is 5.54 Å². The maximum Gasteiger partial charge on any atom is 0.226 e. The van der Waals surface area contributed by atoms with Crippen LogP contribution in [0.2, 0.25) is 0 Å². The highest BCUT2D eigenvalue weighted by atomic mass is 16.5. The topological polar surface area (TPSA) is 58.8 Å². The zero-order valence-corrected chi connectivity index (χ0v) is 28.9. The van der Waals surface area contributed by atoms with Crippen LogP contribution in [0, 0.1) is 6.92 Å².